The molecule has 0 aromatic heterocycles. The second-order valence-corrected chi connectivity index (χ2v) is 6.01. The van der Waals surface area contributed by atoms with Crippen molar-refractivity contribution >= 4 is 0 Å². The molecule has 0 N–H and O–H groups in total. The summed E-state index contributed by atoms with van der Waals surface area (Å²) in [6, 6.07) is 0. The first-order valence-electron chi connectivity index (χ1n) is 7.54. The number of hydrogen-bond donors (Lipinski definition) is 0. The molecule has 0 heterocycles. The van der Waals surface area contributed by atoms with Gasteiger partial charge in [-0.25, -0.2) is 0 Å². The van der Waals surface area contributed by atoms with E-state index < -0.39 is 0 Å². The third kappa shape index (κ3) is 5.92. The first-order chi connectivity index (χ1) is 7.54. The molecule has 0 aliphatic heterocycles. The maximum absolute atomic E-state index is 2.49. The Morgan fingerprint density at radius 3 is 1.44 bits per heavy atom. The number of hydrogen-bond acceptors (Lipinski definition) is 0. The molecule has 2 unspecified atom stereocenters. The van der Waals surface area contributed by atoms with Gasteiger partial charge in [-0.1, -0.05) is 80.1 Å². The molecule has 0 amide bonds. The highest BCUT2D eigenvalue weighted by atomic mass is 14.3. The van der Waals surface area contributed by atoms with Crippen molar-refractivity contribution in [2.24, 2.45) is 23.7 Å². The molecule has 0 radical (unpaired) electrons. The molecule has 2 atom stereocenters. The van der Waals surface area contributed by atoms with Gasteiger partial charge in [-0.05, 0) is 23.7 Å². The van der Waals surface area contributed by atoms with Crippen molar-refractivity contribution in [2.45, 2.75) is 80.1 Å². The van der Waals surface area contributed by atoms with Crippen molar-refractivity contribution in [3.8, 4) is 0 Å². The number of unbranched alkanes of at least 4 members (excludes halogenated alkanes) is 2. The lowest BCUT2D eigenvalue weighted by Gasteiger charge is -2.31. The topological polar surface area (TPSA) is 0 Å². The van der Waals surface area contributed by atoms with Crippen LogP contribution in [0.3, 0.4) is 0 Å². The van der Waals surface area contributed by atoms with E-state index in [1.54, 1.807) is 0 Å². The summed E-state index contributed by atoms with van der Waals surface area (Å²) in [4.78, 5) is 0. The van der Waals surface area contributed by atoms with E-state index in [9.17, 15) is 0 Å². The third-order valence-electron chi connectivity index (χ3n) is 4.48. The number of rotatable bonds is 9. The van der Waals surface area contributed by atoms with Crippen LogP contribution in [-0.4, -0.2) is 0 Å². The fourth-order valence-corrected chi connectivity index (χ4v) is 2.64. The maximum Gasteiger partial charge on any atom is -0.0386 e. The second kappa shape index (κ2) is 9.07. The first-order valence-corrected chi connectivity index (χ1v) is 7.54. The van der Waals surface area contributed by atoms with E-state index in [4.69, 9.17) is 0 Å². The molecule has 0 bridgehead atoms. The van der Waals surface area contributed by atoms with Crippen LogP contribution < -0.4 is 0 Å². The average Bonchev–Trinajstić information content (AvgIpc) is 2.27. The van der Waals surface area contributed by atoms with Gasteiger partial charge in [0, 0.05) is 0 Å². The Balaban J connectivity index is 4.23. The summed E-state index contributed by atoms with van der Waals surface area (Å²) in [5, 5.41) is 0. The molecule has 98 valence electrons. The second-order valence-electron chi connectivity index (χ2n) is 6.01. The quantitative estimate of drug-likeness (QED) is 0.458. The normalized spacial score (nSPS) is 15.8. The van der Waals surface area contributed by atoms with Gasteiger partial charge in [0.1, 0.15) is 0 Å². The standard InChI is InChI=1S/C16H34/c1-7-9-11-16(12-10-8-2)15(6)14(5)13(3)4/h13-16H,7-12H2,1-6H3. The summed E-state index contributed by atoms with van der Waals surface area (Å²) < 4.78 is 0. The Labute approximate surface area is 104 Å². The van der Waals surface area contributed by atoms with Crippen molar-refractivity contribution in [2.75, 3.05) is 0 Å². The molecule has 0 heteroatoms. The van der Waals surface area contributed by atoms with Crippen molar-refractivity contribution in [1.29, 1.82) is 0 Å². The van der Waals surface area contributed by atoms with Crippen LogP contribution in [0.25, 0.3) is 0 Å². The molecule has 0 fully saturated rings. The van der Waals surface area contributed by atoms with Gasteiger partial charge in [0.2, 0.25) is 0 Å². The molecule has 0 aliphatic rings. The summed E-state index contributed by atoms with van der Waals surface area (Å²) in [7, 11) is 0. The summed E-state index contributed by atoms with van der Waals surface area (Å²) in [5.41, 5.74) is 0. The van der Waals surface area contributed by atoms with Crippen LogP contribution in [0.2, 0.25) is 0 Å². The zero-order valence-electron chi connectivity index (χ0n) is 12.6. The van der Waals surface area contributed by atoms with Crippen LogP contribution in [0.5, 0.6) is 0 Å². The van der Waals surface area contributed by atoms with Gasteiger partial charge in [0.15, 0.2) is 0 Å². The zero-order chi connectivity index (χ0) is 12.6. The molecule has 0 aromatic rings. The van der Waals surface area contributed by atoms with Crippen molar-refractivity contribution in [1.82, 2.24) is 0 Å². The van der Waals surface area contributed by atoms with Gasteiger partial charge in [0.05, 0.1) is 0 Å². The highest BCUT2D eigenvalue weighted by Gasteiger charge is 2.23. The molecule has 0 rings (SSSR count). The third-order valence-corrected chi connectivity index (χ3v) is 4.48. The Morgan fingerprint density at radius 1 is 0.688 bits per heavy atom. The van der Waals surface area contributed by atoms with Crippen molar-refractivity contribution in [3.05, 3.63) is 0 Å². The van der Waals surface area contributed by atoms with Crippen molar-refractivity contribution in [3.63, 3.8) is 0 Å². The highest BCUT2D eigenvalue weighted by Crippen LogP contribution is 2.33. The molecular weight excluding hydrogens is 192 g/mol. The Kier molecular flexibility index (Phi) is 9.07. The van der Waals surface area contributed by atoms with Crippen LogP contribution in [0, 0.1) is 23.7 Å². The van der Waals surface area contributed by atoms with Gasteiger partial charge in [-0.15, -0.1) is 0 Å². The molecule has 0 aromatic carbocycles. The lowest BCUT2D eigenvalue weighted by atomic mass is 9.74. The highest BCUT2D eigenvalue weighted by molar-refractivity contribution is 4.73. The van der Waals surface area contributed by atoms with E-state index in [0.29, 0.717) is 0 Å². The van der Waals surface area contributed by atoms with Crippen molar-refractivity contribution < 1.29 is 0 Å². The monoisotopic (exact) mass is 226 g/mol. The lowest BCUT2D eigenvalue weighted by molar-refractivity contribution is 0.187. The summed E-state index contributed by atoms with van der Waals surface area (Å²) in [6.45, 7) is 14.3. The Hall–Kier alpha value is 0. The van der Waals surface area contributed by atoms with E-state index in [0.717, 1.165) is 23.7 Å². The molecule has 0 saturated carbocycles. The maximum atomic E-state index is 2.49. The van der Waals surface area contributed by atoms with Crippen LogP contribution in [0.4, 0.5) is 0 Å². The summed E-state index contributed by atoms with van der Waals surface area (Å²) in [5.74, 6) is 3.58. The van der Waals surface area contributed by atoms with Gasteiger partial charge < -0.3 is 0 Å². The SMILES string of the molecule is CCCCC(CCCC)C(C)C(C)C(C)C. The van der Waals surface area contributed by atoms with Gasteiger partial charge >= 0.3 is 0 Å². The molecule has 0 saturated heterocycles. The van der Waals surface area contributed by atoms with E-state index in [1.807, 2.05) is 0 Å². The van der Waals surface area contributed by atoms with Crippen LogP contribution >= 0.6 is 0 Å². The summed E-state index contributed by atoms with van der Waals surface area (Å²) >= 11 is 0. The van der Waals surface area contributed by atoms with E-state index in [-0.39, 0.29) is 0 Å². The predicted octanol–water partition coefficient (Wildman–Crippen LogP) is 5.91. The average molecular weight is 226 g/mol. The molecule has 0 spiro atoms. The molecule has 16 heavy (non-hydrogen) atoms. The minimum Gasteiger partial charge on any atom is -0.0654 e. The minimum absolute atomic E-state index is 0.834. The van der Waals surface area contributed by atoms with Crippen LogP contribution in [0.15, 0.2) is 0 Å². The molecular formula is C16H34. The van der Waals surface area contributed by atoms with Crippen LogP contribution in [0.1, 0.15) is 80.1 Å². The predicted molar refractivity (Wildman–Crippen MR) is 75.7 cm³/mol. The minimum atomic E-state index is 0.834. The fraction of sp³-hybridized carbons (Fsp3) is 1.00. The smallest absolute Gasteiger partial charge is 0.0386 e. The Bertz CT molecular complexity index is 140. The van der Waals surface area contributed by atoms with Gasteiger partial charge in [-0.3, -0.25) is 0 Å². The fourth-order valence-electron chi connectivity index (χ4n) is 2.64. The van der Waals surface area contributed by atoms with E-state index >= 15 is 0 Å². The molecule has 0 nitrogen and oxygen atoms in total. The zero-order valence-corrected chi connectivity index (χ0v) is 12.6. The summed E-state index contributed by atoms with van der Waals surface area (Å²) in [6.07, 6.45) is 8.45. The van der Waals surface area contributed by atoms with Gasteiger partial charge in [0.25, 0.3) is 0 Å². The van der Waals surface area contributed by atoms with Crippen LogP contribution in [-0.2, 0) is 0 Å². The first kappa shape index (κ1) is 16.0. The lowest BCUT2D eigenvalue weighted by Crippen LogP contribution is -2.23. The van der Waals surface area contributed by atoms with E-state index in [2.05, 4.69) is 41.5 Å². The Morgan fingerprint density at radius 2 is 1.12 bits per heavy atom. The van der Waals surface area contributed by atoms with E-state index in [1.165, 1.54) is 38.5 Å². The molecule has 0 aliphatic carbocycles. The largest absolute Gasteiger partial charge is 0.0654 e. The van der Waals surface area contributed by atoms with Gasteiger partial charge in [-0.2, -0.15) is 0 Å².